The van der Waals surface area contributed by atoms with Crippen LogP contribution in [0.15, 0.2) is 47.3 Å². The molecule has 7 heteroatoms. The largest absolute Gasteiger partial charge is 0.364 e. The Morgan fingerprint density at radius 3 is 2.58 bits per heavy atom. The number of primary amides is 1. The van der Waals surface area contributed by atoms with Crippen LogP contribution in [0.5, 0.6) is 0 Å². The van der Waals surface area contributed by atoms with Gasteiger partial charge in [0, 0.05) is 6.07 Å². The normalized spacial score (nSPS) is 10.7. The lowest BCUT2D eigenvalue weighted by Crippen LogP contribution is -2.10. The molecule has 122 valence electrons. The minimum Gasteiger partial charge on any atom is -0.364 e. The molecule has 0 radical (unpaired) electrons. The van der Waals surface area contributed by atoms with Gasteiger partial charge in [-0.1, -0.05) is 30.3 Å². The summed E-state index contributed by atoms with van der Waals surface area (Å²) in [5.74, 6) is -0.556. The number of hydrogen-bond acceptors (Lipinski definition) is 5. The highest BCUT2D eigenvalue weighted by Crippen LogP contribution is 2.29. The summed E-state index contributed by atoms with van der Waals surface area (Å²) < 4.78 is 0. The van der Waals surface area contributed by atoms with Gasteiger partial charge in [-0.3, -0.25) is 9.59 Å². The van der Waals surface area contributed by atoms with Gasteiger partial charge in [0.15, 0.2) is 5.01 Å². The smallest absolute Gasteiger partial charge is 0.277 e. The number of carbonyl (C=O) groups excluding carboxylic acids is 1. The Morgan fingerprint density at radius 2 is 1.92 bits per heavy atom. The molecule has 0 saturated heterocycles. The van der Waals surface area contributed by atoms with Crippen LogP contribution in [0.3, 0.4) is 0 Å². The van der Waals surface area contributed by atoms with Crippen LogP contribution in [0.2, 0.25) is 0 Å². The van der Waals surface area contributed by atoms with Gasteiger partial charge in [-0.15, -0.1) is 11.3 Å². The van der Waals surface area contributed by atoms with E-state index in [4.69, 9.17) is 5.73 Å². The van der Waals surface area contributed by atoms with Gasteiger partial charge >= 0.3 is 0 Å². The molecule has 0 spiro atoms. The van der Waals surface area contributed by atoms with Crippen LogP contribution in [0, 0.1) is 0 Å². The summed E-state index contributed by atoms with van der Waals surface area (Å²) >= 11 is 1.20. The van der Waals surface area contributed by atoms with E-state index in [1.807, 2.05) is 18.2 Å². The summed E-state index contributed by atoms with van der Waals surface area (Å²) in [5.41, 5.74) is 7.70. The number of H-pyrrole nitrogens is 1. The van der Waals surface area contributed by atoms with Gasteiger partial charge in [-0.05, 0) is 30.9 Å². The third-order valence-electron chi connectivity index (χ3n) is 3.54. The van der Waals surface area contributed by atoms with Gasteiger partial charge in [0.05, 0.1) is 10.6 Å². The average molecular weight is 340 g/mol. The van der Waals surface area contributed by atoms with E-state index in [9.17, 15) is 9.59 Å². The lowest BCUT2D eigenvalue weighted by molar-refractivity contribution is 0.0999. The first kappa shape index (κ1) is 16.1. The fourth-order valence-electron chi connectivity index (χ4n) is 2.40. The zero-order valence-corrected chi connectivity index (χ0v) is 13.7. The van der Waals surface area contributed by atoms with E-state index in [2.05, 4.69) is 27.3 Å². The van der Waals surface area contributed by atoms with Crippen molar-refractivity contribution in [1.29, 1.82) is 0 Å². The lowest BCUT2D eigenvalue weighted by atomic mass is 10.1. The molecule has 0 bridgehead atoms. The van der Waals surface area contributed by atoms with Crippen molar-refractivity contribution >= 4 is 17.2 Å². The Morgan fingerprint density at radius 1 is 1.12 bits per heavy atom. The van der Waals surface area contributed by atoms with Gasteiger partial charge in [0.1, 0.15) is 5.69 Å². The maximum Gasteiger partial charge on any atom is 0.277 e. The highest BCUT2D eigenvalue weighted by Gasteiger charge is 2.17. The van der Waals surface area contributed by atoms with Gasteiger partial charge in [-0.25, -0.2) is 10.1 Å². The molecule has 3 rings (SSSR count). The van der Waals surface area contributed by atoms with Crippen molar-refractivity contribution in [2.45, 2.75) is 19.3 Å². The second-order valence-electron chi connectivity index (χ2n) is 5.30. The molecule has 0 unspecified atom stereocenters. The van der Waals surface area contributed by atoms with Crippen molar-refractivity contribution in [3.05, 3.63) is 69.1 Å². The van der Waals surface area contributed by atoms with Crippen molar-refractivity contribution in [3.63, 3.8) is 0 Å². The van der Waals surface area contributed by atoms with Crippen molar-refractivity contribution in [1.82, 2.24) is 15.2 Å². The summed E-state index contributed by atoms with van der Waals surface area (Å²) in [6, 6.07) is 13.2. The molecule has 24 heavy (non-hydrogen) atoms. The van der Waals surface area contributed by atoms with Crippen LogP contribution in [-0.4, -0.2) is 21.1 Å². The third-order valence-corrected chi connectivity index (χ3v) is 4.68. The van der Waals surface area contributed by atoms with Crippen LogP contribution in [-0.2, 0) is 12.8 Å². The number of hydrogen-bond donors (Lipinski definition) is 2. The zero-order valence-electron chi connectivity index (χ0n) is 12.9. The SMILES string of the molecule is NC(=O)c1nc(CCCc2ccccc2)c(-c2ccc(=O)[nH]n2)s1. The Kier molecular flexibility index (Phi) is 4.81. The maximum atomic E-state index is 11.4. The predicted molar refractivity (Wildman–Crippen MR) is 93.0 cm³/mol. The number of thiazole rings is 1. The van der Waals surface area contributed by atoms with Crippen LogP contribution < -0.4 is 11.3 Å². The number of benzene rings is 1. The molecule has 1 amide bonds. The average Bonchev–Trinajstić information content (AvgIpc) is 3.01. The summed E-state index contributed by atoms with van der Waals surface area (Å²) in [6.07, 6.45) is 2.51. The molecule has 0 fully saturated rings. The van der Waals surface area contributed by atoms with Crippen molar-refractivity contribution in [2.75, 3.05) is 0 Å². The molecule has 0 aliphatic heterocycles. The highest BCUT2D eigenvalue weighted by molar-refractivity contribution is 7.17. The fraction of sp³-hybridized carbons (Fsp3) is 0.176. The number of aryl methyl sites for hydroxylation is 2. The molecule has 0 aliphatic rings. The van der Waals surface area contributed by atoms with E-state index in [1.54, 1.807) is 6.07 Å². The molecule has 1 aromatic carbocycles. The van der Waals surface area contributed by atoms with Crippen molar-refractivity contribution < 1.29 is 4.79 Å². The van der Waals surface area contributed by atoms with E-state index >= 15 is 0 Å². The Hall–Kier alpha value is -2.80. The quantitative estimate of drug-likeness (QED) is 0.718. The van der Waals surface area contributed by atoms with E-state index in [1.165, 1.54) is 23.0 Å². The standard InChI is InChI=1S/C17H16N4O2S/c18-16(23)17-19-12(8-4-7-11-5-2-1-3-6-11)15(24-17)13-9-10-14(22)21-20-13/h1-3,5-6,9-10H,4,7-8H2,(H2,18,23)(H,21,22). The molecule has 0 saturated carbocycles. The van der Waals surface area contributed by atoms with Gasteiger partial charge < -0.3 is 5.73 Å². The second-order valence-corrected chi connectivity index (χ2v) is 6.30. The number of aromatic nitrogens is 3. The lowest BCUT2D eigenvalue weighted by Gasteiger charge is -2.02. The number of amides is 1. The van der Waals surface area contributed by atoms with Gasteiger partial charge in [0.25, 0.3) is 11.5 Å². The second kappa shape index (κ2) is 7.18. The molecule has 2 heterocycles. The number of carbonyl (C=O) groups is 1. The Balaban J connectivity index is 1.81. The molecule has 0 aliphatic carbocycles. The number of rotatable bonds is 6. The zero-order chi connectivity index (χ0) is 16.9. The van der Waals surface area contributed by atoms with Crippen LogP contribution >= 0.6 is 11.3 Å². The van der Waals surface area contributed by atoms with Gasteiger partial charge in [0.2, 0.25) is 0 Å². The van der Waals surface area contributed by atoms with Crippen LogP contribution in [0.25, 0.3) is 10.6 Å². The number of nitrogens with one attached hydrogen (secondary N) is 1. The summed E-state index contributed by atoms with van der Waals surface area (Å²) in [4.78, 5) is 27.7. The summed E-state index contributed by atoms with van der Waals surface area (Å²) in [6.45, 7) is 0. The van der Waals surface area contributed by atoms with E-state index in [0.717, 1.165) is 23.4 Å². The Bertz CT molecular complexity index is 882. The molecular formula is C17H16N4O2S. The maximum absolute atomic E-state index is 11.4. The minimum atomic E-state index is -0.556. The van der Waals surface area contributed by atoms with Gasteiger partial charge in [-0.2, -0.15) is 5.10 Å². The first-order valence-electron chi connectivity index (χ1n) is 7.53. The summed E-state index contributed by atoms with van der Waals surface area (Å²) in [5, 5.41) is 6.69. The molecule has 0 atom stereocenters. The molecule has 2 aromatic heterocycles. The van der Waals surface area contributed by atoms with Crippen molar-refractivity contribution in [2.24, 2.45) is 5.73 Å². The highest BCUT2D eigenvalue weighted by atomic mass is 32.1. The van der Waals surface area contributed by atoms with Crippen LogP contribution in [0.1, 0.15) is 27.5 Å². The first-order chi connectivity index (χ1) is 11.6. The molecule has 6 nitrogen and oxygen atoms in total. The topological polar surface area (TPSA) is 102 Å². The fourth-order valence-corrected chi connectivity index (χ4v) is 3.34. The first-order valence-corrected chi connectivity index (χ1v) is 8.34. The van der Waals surface area contributed by atoms with Crippen LogP contribution in [0.4, 0.5) is 0 Å². The van der Waals surface area contributed by atoms with E-state index in [0.29, 0.717) is 12.1 Å². The third kappa shape index (κ3) is 3.75. The number of nitrogens with two attached hydrogens (primary N) is 1. The Labute approximate surface area is 142 Å². The monoisotopic (exact) mass is 340 g/mol. The van der Waals surface area contributed by atoms with E-state index < -0.39 is 5.91 Å². The molecular weight excluding hydrogens is 324 g/mol. The van der Waals surface area contributed by atoms with Crippen molar-refractivity contribution in [3.8, 4) is 10.6 Å². The minimum absolute atomic E-state index is 0.257. The number of aromatic amines is 1. The van der Waals surface area contributed by atoms with E-state index in [-0.39, 0.29) is 10.6 Å². The predicted octanol–water partition coefficient (Wildman–Crippen LogP) is 2.17. The molecule has 3 N–H and O–H groups in total. The molecule has 3 aromatic rings. The summed E-state index contributed by atoms with van der Waals surface area (Å²) in [7, 11) is 0. The number of nitrogens with zero attached hydrogens (tertiary/aromatic N) is 2.